The van der Waals surface area contributed by atoms with Gasteiger partial charge >= 0.3 is 0 Å². The summed E-state index contributed by atoms with van der Waals surface area (Å²) >= 11 is 0. The molecule has 0 fully saturated rings. The predicted octanol–water partition coefficient (Wildman–Crippen LogP) is 1.43. The van der Waals surface area contributed by atoms with Gasteiger partial charge < -0.3 is 15.5 Å². The summed E-state index contributed by atoms with van der Waals surface area (Å²) in [6, 6.07) is 8.47. The van der Waals surface area contributed by atoms with Gasteiger partial charge in [0.05, 0.1) is 12.7 Å². The Morgan fingerprint density at radius 3 is 2.24 bits per heavy atom. The predicted molar refractivity (Wildman–Crippen MR) is 69.9 cm³/mol. The zero-order chi connectivity index (χ0) is 12.9. The molecule has 96 valence electrons. The molecule has 17 heavy (non-hydrogen) atoms. The highest BCUT2D eigenvalue weighted by molar-refractivity contribution is 5.27. The molecule has 0 aliphatic heterocycles. The van der Waals surface area contributed by atoms with Crippen LogP contribution in [0.5, 0.6) is 0 Å². The van der Waals surface area contributed by atoms with E-state index in [9.17, 15) is 5.11 Å². The molecule has 1 rings (SSSR count). The van der Waals surface area contributed by atoms with E-state index >= 15 is 0 Å². The first-order chi connectivity index (χ1) is 7.93. The van der Waals surface area contributed by atoms with E-state index in [4.69, 9.17) is 5.11 Å². The van der Waals surface area contributed by atoms with Crippen molar-refractivity contribution in [2.45, 2.75) is 38.8 Å². The van der Waals surface area contributed by atoms with Crippen molar-refractivity contribution in [3.05, 3.63) is 35.4 Å². The van der Waals surface area contributed by atoms with Crippen LogP contribution in [0.2, 0.25) is 0 Å². The maximum absolute atomic E-state index is 9.17. The fourth-order valence-corrected chi connectivity index (χ4v) is 1.57. The summed E-state index contributed by atoms with van der Waals surface area (Å²) < 4.78 is 0. The normalized spacial score (nSPS) is 13.7. The van der Waals surface area contributed by atoms with Crippen LogP contribution in [0.25, 0.3) is 0 Å². The minimum atomic E-state index is -0.677. The molecule has 1 unspecified atom stereocenters. The lowest BCUT2D eigenvalue weighted by molar-refractivity contribution is 0.0942. The molecule has 3 heteroatoms. The molecule has 0 saturated carbocycles. The van der Waals surface area contributed by atoms with E-state index in [-0.39, 0.29) is 12.0 Å². The van der Waals surface area contributed by atoms with Crippen molar-refractivity contribution in [3.8, 4) is 0 Å². The Labute approximate surface area is 103 Å². The standard InChI is InChI=1S/C14H23NO2/c1-14(2,3)12-6-4-11(5-7-12)8-15-9-13(17)10-16/h4-7,13,15-17H,8-10H2,1-3H3. The summed E-state index contributed by atoms with van der Waals surface area (Å²) in [6.45, 7) is 7.50. The van der Waals surface area contributed by atoms with Gasteiger partial charge in [-0.1, -0.05) is 45.0 Å². The quantitative estimate of drug-likeness (QED) is 0.726. The number of hydrogen-bond donors (Lipinski definition) is 3. The van der Waals surface area contributed by atoms with E-state index in [1.807, 2.05) is 0 Å². The van der Waals surface area contributed by atoms with E-state index in [0.717, 1.165) is 0 Å². The molecule has 1 atom stereocenters. The van der Waals surface area contributed by atoms with Crippen molar-refractivity contribution >= 4 is 0 Å². The minimum Gasteiger partial charge on any atom is -0.394 e. The highest BCUT2D eigenvalue weighted by Crippen LogP contribution is 2.21. The summed E-state index contributed by atoms with van der Waals surface area (Å²) in [4.78, 5) is 0. The molecule has 0 spiro atoms. The Kier molecular flexibility index (Phi) is 5.12. The number of aliphatic hydroxyl groups excluding tert-OH is 2. The molecular formula is C14H23NO2. The average molecular weight is 237 g/mol. The van der Waals surface area contributed by atoms with Crippen molar-refractivity contribution in [3.63, 3.8) is 0 Å². The third-order valence-electron chi connectivity index (χ3n) is 2.74. The van der Waals surface area contributed by atoms with Crippen LogP contribution in [0.4, 0.5) is 0 Å². The lowest BCUT2D eigenvalue weighted by Gasteiger charge is -2.19. The third kappa shape index (κ3) is 4.86. The van der Waals surface area contributed by atoms with Gasteiger partial charge in [0, 0.05) is 13.1 Å². The van der Waals surface area contributed by atoms with Gasteiger partial charge in [-0.25, -0.2) is 0 Å². The molecule has 0 amide bonds. The highest BCUT2D eigenvalue weighted by Gasteiger charge is 2.12. The Hall–Kier alpha value is -0.900. The smallest absolute Gasteiger partial charge is 0.0895 e. The zero-order valence-corrected chi connectivity index (χ0v) is 10.9. The first kappa shape index (κ1) is 14.2. The molecule has 0 aliphatic carbocycles. The summed E-state index contributed by atoms with van der Waals surface area (Å²) in [5.74, 6) is 0. The van der Waals surface area contributed by atoms with Gasteiger partial charge in [-0.15, -0.1) is 0 Å². The topological polar surface area (TPSA) is 52.5 Å². The van der Waals surface area contributed by atoms with Crippen molar-refractivity contribution in [1.82, 2.24) is 5.32 Å². The molecule has 0 aliphatic rings. The van der Waals surface area contributed by atoms with Crippen molar-refractivity contribution in [2.24, 2.45) is 0 Å². The third-order valence-corrected chi connectivity index (χ3v) is 2.74. The molecule has 0 bridgehead atoms. The Balaban J connectivity index is 2.46. The zero-order valence-electron chi connectivity index (χ0n) is 10.9. The van der Waals surface area contributed by atoms with Crippen LogP contribution in [-0.2, 0) is 12.0 Å². The van der Waals surface area contributed by atoms with Crippen molar-refractivity contribution < 1.29 is 10.2 Å². The van der Waals surface area contributed by atoms with Gasteiger partial charge in [0.1, 0.15) is 0 Å². The molecule has 0 radical (unpaired) electrons. The summed E-state index contributed by atoms with van der Waals surface area (Å²) in [5.41, 5.74) is 2.68. The lowest BCUT2D eigenvalue weighted by atomic mass is 9.87. The number of rotatable bonds is 5. The highest BCUT2D eigenvalue weighted by atomic mass is 16.3. The fraction of sp³-hybridized carbons (Fsp3) is 0.571. The molecule has 3 N–H and O–H groups in total. The van der Waals surface area contributed by atoms with Crippen LogP contribution >= 0.6 is 0 Å². The Bertz CT molecular complexity index is 327. The van der Waals surface area contributed by atoms with E-state index in [0.29, 0.717) is 13.1 Å². The summed E-state index contributed by atoms with van der Waals surface area (Å²) in [5, 5.41) is 20.9. The lowest BCUT2D eigenvalue weighted by Crippen LogP contribution is -2.28. The van der Waals surface area contributed by atoms with Crippen LogP contribution < -0.4 is 5.32 Å². The van der Waals surface area contributed by atoms with Gasteiger partial charge in [0.2, 0.25) is 0 Å². The molecule has 1 aromatic rings. The second-order valence-electron chi connectivity index (χ2n) is 5.41. The molecule has 0 aromatic heterocycles. The molecular weight excluding hydrogens is 214 g/mol. The maximum Gasteiger partial charge on any atom is 0.0895 e. The van der Waals surface area contributed by atoms with Gasteiger partial charge in [-0.2, -0.15) is 0 Å². The van der Waals surface area contributed by atoms with Crippen LogP contribution in [0.3, 0.4) is 0 Å². The number of hydrogen-bond acceptors (Lipinski definition) is 3. The van der Waals surface area contributed by atoms with E-state index in [1.54, 1.807) is 0 Å². The van der Waals surface area contributed by atoms with E-state index < -0.39 is 6.10 Å². The van der Waals surface area contributed by atoms with Crippen LogP contribution in [0, 0.1) is 0 Å². The summed E-state index contributed by atoms with van der Waals surface area (Å²) in [6.07, 6.45) is -0.677. The van der Waals surface area contributed by atoms with Gasteiger partial charge in [0.25, 0.3) is 0 Å². The number of aliphatic hydroxyl groups is 2. The van der Waals surface area contributed by atoms with E-state index in [1.165, 1.54) is 11.1 Å². The van der Waals surface area contributed by atoms with Gasteiger partial charge in [0.15, 0.2) is 0 Å². The molecule has 0 saturated heterocycles. The van der Waals surface area contributed by atoms with Gasteiger partial charge in [-0.3, -0.25) is 0 Å². The molecule has 0 heterocycles. The second-order valence-corrected chi connectivity index (χ2v) is 5.41. The fourth-order valence-electron chi connectivity index (χ4n) is 1.57. The second kappa shape index (κ2) is 6.15. The minimum absolute atomic E-state index is 0.180. The van der Waals surface area contributed by atoms with Crippen molar-refractivity contribution in [1.29, 1.82) is 0 Å². The van der Waals surface area contributed by atoms with Crippen LogP contribution in [0.1, 0.15) is 31.9 Å². The molecule has 3 nitrogen and oxygen atoms in total. The van der Waals surface area contributed by atoms with Gasteiger partial charge in [-0.05, 0) is 16.5 Å². The van der Waals surface area contributed by atoms with Crippen molar-refractivity contribution in [2.75, 3.05) is 13.2 Å². The van der Waals surface area contributed by atoms with Crippen LogP contribution in [-0.4, -0.2) is 29.5 Å². The maximum atomic E-state index is 9.17. The SMILES string of the molecule is CC(C)(C)c1ccc(CNCC(O)CO)cc1. The summed E-state index contributed by atoms with van der Waals surface area (Å²) in [7, 11) is 0. The first-order valence-corrected chi connectivity index (χ1v) is 6.02. The number of benzene rings is 1. The Morgan fingerprint density at radius 1 is 1.18 bits per heavy atom. The van der Waals surface area contributed by atoms with E-state index in [2.05, 4.69) is 50.4 Å². The Morgan fingerprint density at radius 2 is 1.76 bits per heavy atom. The monoisotopic (exact) mass is 237 g/mol. The number of nitrogens with one attached hydrogen (secondary N) is 1. The van der Waals surface area contributed by atoms with Crippen LogP contribution in [0.15, 0.2) is 24.3 Å². The largest absolute Gasteiger partial charge is 0.394 e. The average Bonchev–Trinajstić information content (AvgIpc) is 2.28. The molecule has 1 aromatic carbocycles. The first-order valence-electron chi connectivity index (χ1n) is 6.02.